The number of hydrogen-bond acceptors (Lipinski definition) is 2. The maximum Gasteiger partial charge on any atom is 0.275 e. The van der Waals surface area contributed by atoms with Gasteiger partial charge in [-0.25, -0.2) is 17.2 Å². The van der Waals surface area contributed by atoms with Crippen LogP contribution in [0.25, 0.3) is 0 Å². The number of sulfonamides is 1. The molecule has 0 aliphatic carbocycles. The number of hydrogen-bond donors (Lipinski definition) is 0. The zero-order chi connectivity index (χ0) is 12.0. The van der Waals surface area contributed by atoms with Crippen LogP contribution in [0.3, 0.4) is 0 Å². The lowest BCUT2D eigenvalue weighted by Gasteiger charge is -2.37. The van der Waals surface area contributed by atoms with Crippen molar-refractivity contribution in [2.45, 2.75) is 10.8 Å². The Kier molecular flexibility index (Phi) is 2.80. The second-order valence-corrected chi connectivity index (χ2v) is 6.32. The minimum atomic E-state index is -3.80. The topological polar surface area (TPSA) is 37.4 Å². The smallest absolute Gasteiger partial charge is 0.207 e. The van der Waals surface area contributed by atoms with Crippen molar-refractivity contribution in [1.82, 2.24) is 4.31 Å². The molecule has 0 N–H and O–H groups in total. The SMILES string of the molecule is O=S(=O)(c1ccccc1Br)N1CC(F)(F)C1. The fourth-order valence-electron chi connectivity index (χ4n) is 1.43. The van der Waals surface area contributed by atoms with E-state index in [0.29, 0.717) is 4.47 Å². The fraction of sp³-hybridized carbons (Fsp3) is 0.333. The molecule has 88 valence electrons. The third-order valence-corrected chi connectivity index (χ3v) is 5.07. The average molecular weight is 312 g/mol. The van der Waals surface area contributed by atoms with E-state index in [0.717, 1.165) is 4.31 Å². The van der Waals surface area contributed by atoms with Gasteiger partial charge in [-0.05, 0) is 28.1 Å². The lowest BCUT2D eigenvalue weighted by atomic mass is 10.2. The highest BCUT2D eigenvalue weighted by Crippen LogP contribution is 2.34. The van der Waals surface area contributed by atoms with Crippen LogP contribution in [0, 0.1) is 0 Å². The van der Waals surface area contributed by atoms with Crippen molar-refractivity contribution in [2.24, 2.45) is 0 Å². The molecule has 0 saturated carbocycles. The van der Waals surface area contributed by atoms with Crippen molar-refractivity contribution in [2.75, 3.05) is 13.1 Å². The molecule has 0 bridgehead atoms. The molecule has 1 aromatic rings. The summed E-state index contributed by atoms with van der Waals surface area (Å²) < 4.78 is 50.2. The van der Waals surface area contributed by atoms with E-state index in [1.54, 1.807) is 18.2 Å². The Morgan fingerprint density at radius 3 is 2.31 bits per heavy atom. The van der Waals surface area contributed by atoms with Crippen LogP contribution in [0.15, 0.2) is 33.6 Å². The third kappa shape index (κ3) is 1.99. The third-order valence-electron chi connectivity index (χ3n) is 2.27. The number of rotatable bonds is 2. The van der Waals surface area contributed by atoms with Gasteiger partial charge in [0.25, 0.3) is 5.92 Å². The maximum absolute atomic E-state index is 12.6. The van der Waals surface area contributed by atoms with Gasteiger partial charge in [0.1, 0.15) is 0 Å². The normalized spacial score (nSPS) is 20.4. The molecule has 1 fully saturated rings. The predicted molar refractivity (Wildman–Crippen MR) is 57.8 cm³/mol. The van der Waals surface area contributed by atoms with Crippen LogP contribution in [0.5, 0.6) is 0 Å². The van der Waals surface area contributed by atoms with Crippen LogP contribution >= 0.6 is 15.9 Å². The number of alkyl halides is 2. The molecule has 7 heteroatoms. The maximum atomic E-state index is 12.6. The monoisotopic (exact) mass is 311 g/mol. The molecule has 0 aromatic heterocycles. The molecule has 1 aromatic carbocycles. The summed E-state index contributed by atoms with van der Waals surface area (Å²) in [6.07, 6.45) is 0. The van der Waals surface area contributed by atoms with E-state index >= 15 is 0 Å². The summed E-state index contributed by atoms with van der Waals surface area (Å²) in [7, 11) is -3.80. The van der Waals surface area contributed by atoms with E-state index in [2.05, 4.69) is 15.9 Å². The van der Waals surface area contributed by atoms with Crippen LogP contribution in [-0.4, -0.2) is 31.7 Å². The largest absolute Gasteiger partial charge is 0.275 e. The van der Waals surface area contributed by atoms with E-state index in [1.165, 1.54) is 6.07 Å². The first-order valence-corrected chi connectivity index (χ1v) is 6.69. The summed E-state index contributed by atoms with van der Waals surface area (Å²) in [6, 6.07) is 6.16. The zero-order valence-electron chi connectivity index (χ0n) is 8.03. The lowest BCUT2D eigenvalue weighted by Crippen LogP contribution is -2.58. The van der Waals surface area contributed by atoms with Gasteiger partial charge in [0.15, 0.2) is 0 Å². The van der Waals surface area contributed by atoms with Crippen molar-refractivity contribution in [3.63, 3.8) is 0 Å². The molecule has 16 heavy (non-hydrogen) atoms. The first-order valence-electron chi connectivity index (χ1n) is 4.45. The summed E-state index contributed by atoms with van der Waals surface area (Å²) in [5.41, 5.74) is 0. The fourth-order valence-corrected chi connectivity index (χ4v) is 3.89. The van der Waals surface area contributed by atoms with Crippen molar-refractivity contribution in [3.8, 4) is 0 Å². The van der Waals surface area contributed by atoms with Gasteiger partial charge in [0.05, 0.1) is 18.0 Å². The van der Waals surface area contributed by atoms with Crippen LogP contribution in [0.2, 0.25) is 0 Å². The molecule has 3 nitrogen and oxygen atoms in total. The molecule has 1 heterocycles. The second kappa shape index (κ2) is 3.75. The van der Waals surface area contributed by atoms with Gasteiger partial charge in [0, 0.05) is 4.47 Å². The van der Waals surface area contributed by atoms with Gasteiger partial charge in [-0.3, -0.25) is 0 Å². The Balaban J connectivity index is 2.32. The zero-order valence-corrected chi connectivity index (χ0v) is 10.4. The minimum absolute atomic E-state index is 0.0190. The van der Waals surface area contributed by atoms with Crippen LogP contribution in [0.1, 0.15) is 0 Å². The van der Waals surface area contributed by atoms with Crippen molar-refractivity contribution in [1.29, 1.82) is 0 Å². The molecule has 1 aliphatic heterocycles. The van der Waals surface area contributed by atoms with E-state index in [4.69, 9.17) is 0 Å². The molecular weight excluding hydrogens is 304 g/mol. The Labute approximate surface area is 100 Å². The second-order valence-electron chi connectivity index (χ2n) is 3.56. The van der Waals surface area contributed by atoms with Crippen molar-refractivity contribution in [3.05, 3.63) is 28.7 Å². The molecule has 0 amide bonds. The highest BCUT2D eigenvalue weighted by molar-refractivity contribution is 9.10. The molecule has 1 aliphatic rings. The van der Waals surface area contributed by atoms with Gasteiger partial charge >= 0.3 is 0 Å². The summed E-state index contributed by atoms with van der Waals surface area (Å²) in [6.45, 7) is -1.48. The molecule has 0 unspecified atom stereocenters. The van der Waals surface area contributed by atoms with Crippen molar-refractivity contribution < 1.29 is 17.2 Å². The Morgan fingerprint density at radius 1 is 1.25 bits per heavy atom. The minimum Gasteiger partial charge on any atom is -0.207 e. The van der Waals surface area contributed by atoms with Gasteiger partial charge in [-0.2, -0.15) is 4.31 Å². The highest BCUT2D eigenvalue weighted by atomic mass is 79.9. The summed E-state index contributed by atoms with van der Waals surface area (Å²) in [5.74, 6) is -2.89. The predicted octanol–water partition coefficient (Wildman–Crippen LogP) is 2.09. The summed E-state index contributed by atoms with van der Waals surface area (Å²) >= 11 is 3.09. The highest BCUT2D eigenvalue weighted by Gasteiger charge is 2.50. The molecule has 0 spiro atoms. The number of nitrogens with zero attached hydrogens (tertiary/aromatic N) is 1. The van der Waals surface area contributed by atoms with Crippen molar-refractivity contribution >= 4 is 26.0 Å². The molecule has 0 radical (unpaired) electrons. The van der Waals surface area contributed by atoms with E-state index in [9.17, 15) is 17.2 Å². The van der Waals surface area contributed by atoms with E-state index in [-0.39, 0.29) is 4.90 Å². The van der Waals surface area contributed by atoms with Gasteiger partial charge in [0.2, 0.25) is 10.0 Å². The average Bonchev–Trinajstić information content (AvgIpc) is 2.14. The first-order chi connectivity index (χ1) is 7.33. The molecular formula is C9H8BrF2NO2S. The first kappa shape index (κ1) is 11.9. The number of halogens is 3. The van der Waals surface area contributed by atoms with Crippen LogP contribution < -0.4 is 0 Å². The quantitative estimate of drug-likeness (QED) is 0.838. The molecule has 2 rings (SSSR count). The summed E-state index contributed by atoms with van der Waals surface area (Å²) in [4.78, 5) is 0.0190. The van der Waals surface area contributed by atoms with E-state index in [1.807, 2.05) is 0 Å². The standard InChI is InChI=1S/C9H8BrF2NO2S/c10-7-3-1-2-4-8(7)16(14,15)13-5-9(11,12)6-13/h1-4H,5-6H2. The summed E-state index contributed by atoms with van der Waals surface area (Å²) in [5, 5.41) is 0. The van der Waals surface area contributed by atoms with Gasteiger partial charge in [-0.15, -0.1) is 0 Å². The van der Waals surface area contributed by atoms with Crippen LogP contribution in [-0.2, 0) is 10.0 Å². The lowest BCUT2D eigenvalue weighted by molar-refractivity contribution is -0.0945. The van der Waals surface area contributed by atoms with Gasteiger partial charge < -0.3 is 0 Å². The van der Waals surface area contributed by atoms with Crippen LogP contribution in [0.4, 0.5) is 8.78 Å². The molecule has 0 atom stereocenters. The Bertz CT molecular complexity index is 510. The Morgan fingerprint density at radius 2 is 1.81 bits per heavy atom. The van der Waals surface area contributed by atoms with Gasteiger partial charge in [-0.1, -0.05) is 12.1 Å². The van der Waals surface area contributed by atoms with E-state index < -0.39 is 29.0 Å². The molecule has 1 saturated heterocycles. The Hall–Kier alpha value is -0.530. The number of benzene rings is 1.